The van der Waals surface area contributed by atoms with E-state index in [1.165, 1.54) is 0 Å². The van der Waals surface area contributed by atoms with Gasteiger partial charge in [0.1, 0.15) is 0 Å². The highest BCUT2D eigenvalue weighted by Crippen LogP contribution is 2.27. The Morgan fingerprint density at radius 2 is 1.89 bits per heavy atom. The van der Waals surface area contributed by atoms with Gasteiger partial charge in [-0.25, -0.2) is 0 Å². The molecule has 0 bridgehead atoms. The maximum atomic E-state index is 12.0. The van der Waals surface area contributed by atoms with E-state index in [4.69, 9.17) is 10.5 Å². The summed E-state index contributed by atoms with van der Waals surface area (Å²) in [5, 5.41) is 2.93. The van der Waals surface area contributed by atoms with Crippen molar-refractivity contribution < 1.29 is 9.53 Å². The van der Waals surface area contributed by atoms with Gasteiger partial charge in [-0.15, -0.1) is 12.4 Å². The van der Waals surface area contributed by atoms with Crippen molar-refractivity contribution in [3.63, 3.8) is 0 Å². The number of hydrogen-bond donors (Lipinski definition) is 2. The summed E-state index contributed by atoms with van der Waals surface area (Å²) in [6.45, 7) is 6.82. The third kappa shape index (κ3) is 4.41. The Hall–Kier alpha value is -0.320. The Labute approximate surface area is 116 Å². The third-order valence-electron chi connectivity index (χ3n) is 3.65. The number of amides is 1. The van der Waals surface area contributed by atoms with Crippen LogP contribution in [0.1, 0.15) is 46.5 Å². The molecule has 0 aliphatic heterocycles. The normalized spacial score (nSPS) is 20.1. The van der Waals surface area contributed by atoms with Crippen LogP contribution in [0.3, 0.4) is 0 Å². The highest BCUT2D eigenvalue weighted by atomic mass is 35.5. The molecule has 0 radical (unpaired) electrons. The molecule has 1 fully saturated rings. The highest BCUT2D eigenvalue weighted by Gasteiger charge is 2.37. The molecule has 1 saturated carbocycles. The second-order valence-corrected chi connectivity index (χ2v) is 6.16. The van der Waals surface area contributed by atoms with Crippen LogP contribution in [-0.2, 0) is 9.53 Å². The van der Waals surface area contributed by atoms with E-state index in [-0.39, 0.29) is 29.8 Å². The van der Waals surface area contributed by atoms with Crippen LogP contribution in [0.2, 0.25) is 0 Å². The third-order valence-corrected chi connectivity index (χ3v) is 3.65. The van der Waals surface area contributed by atoms with Gasteiger partial charge in [0.25, 0.3) is 0 Å². The lowest BCUT2D eigenvalue weighted by Crippen LogP contribution is -2.54. The zero-order valence-electron chi connectivity index (χ0n) is 11.9. The van der Waals surface area contributed by atoms with Crippen molar-refractivity contribution in [2.75, 3.05) is 13.7 Å². The van der Waals surface area contributed by atoms with Gasteiger partial charge in [0.2, 0.25) is 5.91 Å². The van der Waals surface area contributed by atoms with E-state index in [2.05, 4.69) is 26.1 Å². The van der Waals surface area contributed by atoms with Gasteiger partial charge in [-0.2, -0.15) is 0 Å². The summed E-state index contributed by atoms with van der Waals surface area (Å²) >= 11 is 0. The molecule has 5 heteroatoms. The fourth-order valence-electron chi connectivity index (χ4n) is 2.34. The lowest BCUT2D eigenvalue weighted by atomic mass is 9.88. The van der Waals surface area contributed by atoms with Crippen LogP contribution in [0, 0.1) is 5.41 Å². The number of carbonyl (C=O) groups is 1. The molecule has 0 saturated heterocycles. The maximum absolute atomic E-state index is 12.0. The molecule has 4 nitrogen and oxygen atoms in total. The molecule has 3 N–H and O–H groups in total. The summed E-state index contributed by atoms with van der Waals surface area (Å²) in [7, 11) is 1.68. The maximum Gasteiger partial charge on any atom is 0.240 e. The minimum absolute atomic E-state index is 0. The van der Waals surface area contributed by atoms with Gasteiger partial charge in [-0.1, -0.05) is 33.6 Å². The largest absolute Gasteiger partial charge is 0.379 e. The predicted octanol–water partition coefficient (Wildman–Crippen LogP) is 1.86. The Morgan fingerprint density at radius 1 is 1.39 bits per heavy atom. The molecule has 0 heterocycles. The van der Waals surface area contributed by atoms with Crippen LogP contribution in [0.15, 0.2) is 0 Å². The lowest BCUT2D eigenvalue weighted by molar-refractivity contribution is -0.127. The number of halogens is 1. The van der Waals surface area contributed by atoms with Crippen molar-refractivity contribution >= 4 is 18.3 Å². The molecular weight excluding hydrogens is 252 g/mol. The summed E-state index contributed by atoms with van der Waals surface area (Å²) < 4.78 is 5.41. The zero-order valence-corrected chi connectivity index (χ0v) is 12.7. The van der Waals surface area contributed by atoms with Crippen molar-refractivity contribution in [2.24, 2.45) is 11.1 Å². The zero-order chi connectivity index (χ0) is 13.1. The number of hydrogen-bond acceptors (Lipinski definition) is 3. The number of methoxy groups -OCH3 is 1. The molecule has 0 aromatic rings. The topological polar surface area (TPSA) is 64.3 Å². The van der Waals surface area contributed by atoms with Crippen LogP contribution in [0.5, 0.6) is 0 Å². The van der Waals surface area contributed by atoms with Crippen molar-refractivity contribution in [3.05, 3.63) is 0 Å². The standard InChI is InChI=1S/C13H26N2O2.ClH/c1-12(2,3)10(17-4)9-15-11(16)13(14)7-5-6-8-13;/h10H,5-9,14H2,1-4H3,(H,15,16);1H. The Balaban J connectivity index is 0.00000289. The van der Waals surface area contributed by atoms with Gasteiger partial charge in [0, 0.05) is 13.7 Å². The van der Waals surface area contributed by atoms with Gasteiger partial charge in [0.15, 0.2) is 0 Å². The van der Waals surface area contributed by atoms with E-state index in [0.717, 1.165) is 25.7 Å². The molecule has 108 valence electrons. The summed E-state index contributed by atoms with van der Waals surface area (Å²) in [6, 6.07) is 0. The van der Waals surface area contributed by atoms with E-state index in [9.17, 15) is 4.79 Å². The molecule has 1 atom stereocenters. The van der Waals surface area contributed by atoms with E-state index in [1.807, 2.05) is 0 Å². The van der Waals surface area contributed by atoms with E-state index >= 15 is 0 Å². The van der Waals surface area contributed by atoms with Gasteiger partial charge >= 0.3 is 0 Å². The average molecular weight is 279 g/mol. The van der Waals surface area contributed by atoms with Crippen molar-refractivity contribution in [1.29, 1.82) is 0 Å². The molecule has 0 spiro atoms. The molecule has 18 heavy (non-hydrogen) atoms. The Kier molecular flexibility index (Phi) is 6.61. The number of nitrogens with two attached hydrogens (primary N) is 1. The predicted molar refractivity (Wildman–Crippen MR) is 75.9 cm³/mol. The van der Waals surface area contributed by atoms with Gasteiger partial charge in [-0.05, 0) is 18.3 Å². The highest BCUT2D eigenvalue weighted by molar-refractivity contribution is 5.86. The van der Waals surface area contributed by atoms with E-state index in [1.54, 1.807) is 7.11 Å². The molecule has 1 amide bonds. The molecule has 1 aliphatic rings. The summed E-state index contributed by atoms with van der Waals surface area (Å²) in [6.07, 6.45) is 3.71. The van der Waals surface area contributed by atoms with Gasteiger partial charge < -0.3 is 15.8 Å². The monoisotopic (exact) mass is 278 g/mol. The summed E-state index contributed by atoms with van der Waals surface area (Å²) in [4.78, 5) is 12.0. The molecule has 1 rings (SSSR count). The minimum atomic E-state index is -0.643. The van der Waals surface area contributed by atoms with Crippen LogP contribution >= 0.6 is 12.4 Å². The molecular formula is C13H27ClN2O2. The number of rotatable bonds is 4. The minimum Gasteiger partial charge on any atom is -0.379 e. The van der Waals surface area contributed by atoms with E-state index in [0.29, 0.717) is 6.54 Å². The average Bonchev–Trinajstić information content (AvgIpc) is 2.65. The first-order valence-corrected chi connectivity index (χ1v) is 6.39. The summed E-state index contributed by atoms with van der Waals surface area (Å²) in [5.74, 6) is -0.0266. The van der Waals surface area contributed by atoms with Crippen molar-refractivity contribution in [1.82, 2.24) is 5.32 Å². The fourth-order valence-corrected chi connectivity index (χ4v) is 2.34. The van der Waals surface area contributed by atoms with Crippen LogP contribution in [-0.4, -0.2) is 31.2 Å². The number of nitrogens with one attached hydrogen (secondary N) is 1. The first kappa shape index (κ1) is 17.7. The van der Waals surface area contributed by atoms with Crippen molar-refractivity contribution in [2.45, 2.75) is 58.1 Å². The molecule has 1 aliphatic carbocycles. The molecule has 1 unspecified atom stereocenters. The first-order valence-electron chi connectivity index (χ1n) is 6.39. The van der Waals surface area contributed by atoms with Crippen molar-refractivity contribution in [3.8, 4) is 0 Å². The van der Waals surface area contributed by atoms with Crippen LogP contribution in [0.25, 0.3) is 0 Å². The SMILES string of the molecule is COC(CNC(=O)C1(N)CCCC1)C(C)(C)C.Cl. The Morgan fingerprint density at radius 3 is 2.28 bits per heavy atom. The smallest absolute Gasteiger partial charge is 0.240 e. The Bertz CT molecular complexity index is 271. The van der Waals surface area contributed by atoms with Gasteiger partial charge in [0.05, 0.1) is 11.6 Å². The second kappa shape index (κ2) is 6.73. The molecule has 0 aromatic heterocycles. The van der Waals surface area contributed by atoms with Gasteiger partial charge in [-0.3, -0.25) is 4.79 Å². The number of ether oxygens (including phenoxy) is 1. The fraction of sp³-hybridized carbons (Fsp3) is 0.923. The van der Waals surface area contributed by atoms with Crippen LogP contribution < -0.4 is 11.1 Å². The summed E-state index contributed by atoms with van der Waals surface area (Å²) in [5.41, 5.74) is 5.46. The van der Waals surface area contributed by atoms with E-state index < -0.39 is 5.54 Å². The first-order chi connectivity index (χ1) is 7.79. The quantitative estimate of drug-likeness (QED) is 0.825. The van der Waals surface area contributed by atoms with Crippen LogP contribution in [0.4, 0.5) is 0 Å². The lowest BCUT2D eigenvalue weighted by Gasteiger charge is -2.31. The second-order valence-electron chi connectivity index (χ2n) is 6.16. The number of carbonyl (C=O) groups excluding carboxylic acids is 1. The molecule has 0 aromatic carbocycles.